The lowest BCUT2D eigenvalue weighted by Crippen LogP contribution is -2.65. The molecule has 1 spiro atoms. The number of para-hydroxylation sites is 1. The standard InChI is InChI=1S/C25H28FN3O4/c1-16-13-25(15-32-14-22(30)27-25)21-12-17-6-5-8-19(23(17)26)18-7-3-4-9-20(18)33-11-10-28(2)24(31)29(16)21/h3-9,16,21H,10-15H2,1-2H3,(H,27,30)/t16-,21+,25-/m1/s1. The van der Waals surface area contributed by atoms with Crippen molar-refractivity contribution in [3.8, 4) is 16.9 Å². The Hall–Kier alpha value is -3.13. The highest BCUT2D eigenvalue weighted by Crippen LogP contribution is 2.40. The van der Waals surface area contributed by atoms with E-state index in [2.05, 4.69) is 5.32 Å². The third-order valence-corrected chi connectivity index (χ3v) is 6.99. The molecule has 2 aromatic carbocycles. The molecule has 2 bridgehead atoms. The van der Waals surface area contributed by atoms with Gasteiger partial charge in [-0.05, 0) is 31.4 Å². The molecule has 0 aromatic heterocycles. The Morgan fingerprint density at radius 1 is 1.12 bits per heavy atom. The van der Waals surface area contributed by atoms with Gasteiger partial charge >= 0.3 is 6.03 Å². The Morgan fingerprint density at radius 3 is 2.73 bits per heavy atom. The summed E-state index contributed by atoms with van der Waals surface area (Å²) in [6, 6.07) is 11.9. The number of hydrogen-bond acceptors (Lipinski definition) is 4. The Balaban J connectivity index is 1.64. The smallest absolute Gasteiger partial charge is 0.320 e. The van der Waals surface area contributed by atoms with Crippen molar-refractivity contribution in [3.63, 3.8) is 0 Å². The van der Waals surface area contributed by atoms with Crippen LogP contribution in [-0.4, -0.2) is 72.8 Å². The zero-order valence-corrected chi connectivity index (χ0v) is 18.8. The Morgan fingerprint density at radius 2 is 1.91 bits per heavy atom. The molecule has 33 heavy (non-hydrogen) atoms. The number of morpholine rings is 1. The van der Waals surface area contributed by atoms with E-state index < -0.39 is 11.6 Å². The minimum Gasteiger partial charge on any atom is -0.491 e. The van der Waals surface area contributed by atoms with E-state index in [9.17, 15) is 9.59 Å². The van der Waals surface area contributed by atoms with Gasteiger partial charge in [0.1, 0.15) is 24.8 Å². The third kappa shape index (κ3) is 3.72. The second-order valence-corrected chi connectivity index (χ2v) is 9.20. The molecule has 3 aliphatic heterocycles. The van der Waals surface area contributed by atoms with Crippen molar-refractivity contribution in [2.45, 2.75) is 37.4 Å². The summed E-state index contributed by atoms with van der Waals surface area (Å²) >= 11 is 0. The van der Waals surface area contributed by atoms with Crippen molar-refractivity contribution in [2.75, 3.05) is 33.4 Å². The van der Waals surface area contributed by atoms with Crippen LogP contribution in [0.25, 0.3) is 11.1 Å². The van der Waals surface area contributed by atoms with E-state index in [1.807, 2.05) is 37.3 Å². The van der Waals surface area contributed by atoms with Crippen LogP contribution < -0.4 is 10.1 Å². The number of fused-ring (bicyclic) bond motifs is 6. The van der Waals surface area contributed by atoms with Gasteiger partial charge in [0.05, 0.1) is 24.7 Å². The van der Waals surface area contributed by atoms with Gasteiger partial charge in [-0.25, -0.2) is 9.18 Å². The Bertz CT molecular complexity index is 1090. The van der Waals surface area contributed by atoms with Gasteiger partial charge in [-0.2, -0.15) is 0 Å². The molecular formula is C25H28FN3O4. The molecule has 0 saturated carbocycles. The average molecular weight is 454 g/mol. The lowest BCUT2D eigenvalue weighted by atomic mass is 9.84. The summed E-state index contributed by atoms with van der Waals surface area (Å²) in [7, 11) is 1.74. The summed E-state index contributed by atoms with van der Waals surface area (Å²) in [5, 5.41) is 3.10. The molecule has 8 heteroatoms. The summed E-state index contributed by atoms with van der Waals surface area (Å²) in [5.74, 6) is 0.0220. The van der Waals surface area contributed by atoms with E-state index in [-0.39, 0.29) is 50.0 Å². The number of urea groups is 1. The molecular weight excluding hydrogens is 425 g/mol. The molecule has 2 saturated heterocycles. The molecule has 3 atom stereocenters. The van der Waals surface area contributed by atoms with Gasteiger partial charge in [0.2, 0.25) is 5.91 Å². The highest BCUT2D eigenvalue weighted by Gasteiger charge is 2.55. The first-order chi connectivity index (χ1) is 15.9. The highest BCUT2D eigenvalue weighted by molar-refractivity contribution is 5.80. The van der Waals surface area contributed by atoms with Crippen molar-refractivity contribution in [2.24, 2.45) is 0 Å². The first kappa shape index (κ1) is 21.7. The quantitative estimate of drug-likeness (QED) is 0.666. The van der Waals surface area contributed by atoms with E-state index >= 15 is 4.39 Å². The molecule has 174 valence electrons. The van der Waals surface area contributed by atoms with Crippen LogP contribution in [0, 0.1) is 5.82 Å². The zero-order valence-electron chi connectivity index (χ0n) is 18.8. The number of carbonyl (C=O) groups is 2. The first-order valence-electron chi connectivity index (χ1n) is 11.3. The van der Waals surface area contributed by atoms with Crippen LogP contribution in [0.3, 0.4) is 0 Å². The van der Waals surface area contributed by atoms with E-state index in [1.54, 1.807) is 29.0 Å². The van der Waals surface area contributed by atoms with Crippen LogP contribution in [0.2, 0.25) is 0 Å². The Labute approximate surface area is 192 Å². The summed E-state index contributed by atoms with van der Waals surface area (Å²) in [5.41, 5.74) is 0.853. The number of nitrogens with one attached hydrogen (secondary N) is 1. The van der Waals surface area contributed by atoms with E-state index in [0.29, 0.717) is 35.4 Å². The SMILES string of the molecule is C[C@@H]1C[C@@]2(COCC(=O)N2)[C@@H]2Cc3cccc(c3F)-c3ccccc3OCCN(C)C(=O)N12. The lowest BCUT2D eigenvalue weighted by Gasteiger charge is -2.42. The van der Waals surface area contributed by atoms with Crippen molar-refractivity contribution in [1.29, 1.82) is 0 Å². The van der Waals surface area contributed by atoms with Gasteiger partial charge in [-0.15, -0.1) is 0 Å². The predicted octanol–water partition coefficient (Wildman–Crippen LogP) is 2.83. The number of halogens is 1. The fraction of sp³-hybridized carbons (Fsp3) is 0.440. The van der Waals surface area contributed by atoms with Crippen molar-refractivity contribution in [1.82, 2.24) is 15.1 Å². The topological polar surface area (TPSA) is 71.1 Å². The molecule has 5 rings (SSSR count). The zero-order chi connectivity index (χ0) is 23.2. The monoisotopic (exact) mass is 453 g/mol. The molecule has 0 radical (unpaired) electrons. The number of rotatable bonds is 0. The average Bonchev–Trinajstić information content (AvgIpc) is 3.04. The number of ether oxygens (including phenoxy) is 2. The minimum atomic E-state index is -0.762. The number of amides is 3. The summed E-state index contributed by atoms with van der Waals surface area (Å²) in [6.07, 6.45) is 0.805. The number of hydrogen-bond donors (Lipinski definition) is 1. The highest BCUT2D eigenvalue weighted by atomic mass is 19.1. The summed E-state index contributed by atoms with van der Waals surface area (Å²) < 4.78 is 27.5. The molecule has 3 heterocycles. The van der Waals surface area contributed by atoms with Crippen LogP contribution in [-0.2, 0) is 16.0 Å². The van der Waals surface area contributed by atoms with Crippen LogP contribution in [0.1, 0.15) is 18.9 Å². The van der Waals surface area contributed by atoms with Gasteiger partial charge in [-0.1, -0.05) is 36.4 Å². The van der Waals surface area contributed by atoms with Crippen molar-refractivity contribution >= 4 is 11.9 Å². The van der Waals surface area contributed by atoms with E-state index in [1.165, 1.54) is 0 Å². The second-order valence-electron chi connectivity index (χ2n) is 9.20. The number of nitrogens with zero attached hydrogens (tertiary/aromatic N) is 2. The van der Waals surface area contributed by atoms with Crippen LogP contribution >= 0.6 is 0 Å². The molecule has 0 aliphatic carbocycles. The fourth-order valence-corrected chi connectivity index (χ4v) is 5.47. The Kier molecular flexibility index (Phi) is 5.48. The van der Waals surface area contributed by atoms with Crippen molar-refractivity contribution < 1.29 is 23.5 Å². The maximum atomic E-state index is 15.9. The molecule has 7 nitrogen and oxygen atoms in total. The maximum absolute atomic E-state index is 15.9. The van der Waals surface area contributed by atoms with Gasteiger partial charge in [0, 0.05) is 24.2 Å². The molecule has 0 unspecified atom stereocenters. The molecule has 3 amide bonds. The molecule has 3 aliphatic rings. The lowest BCUT2D eigenvalue weighted by molar-refractivity contribution is -0.136. The van der Waals surface area contributed by atoms with Gasteiger partial charge in [-0.3, -0.25) is 4.79 Å². The second kappa shape index (κ2) is 8.33. The number of carbonyl (C=O) groups excluding carboxylic acids is 2. The molecule has 2 aromatic rings. The van der Waals surface area contributed by atoms with E-state index in [0.717, 1.165) is 0 Å². The van der Waals surface area contributed by atoms with E-state index in [4.69, 9.17) is 9.47 Å². The molecule has 2 fully saturated rings. The number of likely N-dealkylation sites (N-methyl/N-ethyl adjacent to an activating group) is 1. The molecule has 1 N–H and O–H groups in total. The fourth-order valence-electron chi connectivity index (χ4n) is 5.47. The van der Waals surface area contributed by atoms with Crippen LogP contribution in [0.4, 0.5) is 9.18 Å². The minimum absolute atomic E-state index is 0.00529. The van der Waals surface area contributed by atoms with Crippen molar-refractivity contribution in [3.05, 3.63) is 53.8 Å². The predicted molar refractivity (Wildman–Crippen MR) is 120 cm³/mol. The third-order valence-electron chi connectivity index (χ3n) is 6.99. The largest absolute Gasteiger partial charge is 0.491 e. The summed E-state index contributed by atoms with van der Waals surface area (Å²) in [6.45, 7) is 2.89. The first-order valence-corrected chi connectivity index (χ1v) is 11.3. The normalized spacial score (nSPS) is 27.6. The summed E-state index contributed by atoms with van der Waals surface area (Å²) in [4.78, 5) is 29.3. The van der Waals surface area contributed by atoms with Crippen LogP contribution in [0.15, 0.2) is 42.5 Å². The van der Waals surface area contributed by atoms with Gasteiger partial charge < -0.3 is 24.6 Å². The number of benzene rings is 2. The maximum Gasteiger partial charge on any atom is 0.320 e. The van der Waals surface area contributed by atoms with Gasteiger partial charge in [0.15, 0.2) is 0 Å². The van der Waals surface area contributed by atoms with Crippen LogP contribution in [0.5, 0.6) is 5.75 Å². The van der Waals surface area contributed by atoms with Gasteiger partial charge in [0.25, 0.3) is 0 Å².